The number of aromatic amines is 1. The molecule has 0 radical (unpaired) electrons. The number of H-pyrrole nitrogens is 1. The Labute approximate surface area is 190 Å². The fourth-order valence-electron chi connectivity index (χ4n) is 2.72. The van der Waals surface area contributed by atoms with E-state index in [9.17, 15) is 9.18 Å². The number of nitrogens with zero attached hydrogens (tertiary/aromatic N) is 1. The number of aromatic nitrogens is 2. The number of halogens is 1. The van der Waals surface area contributed by atoms with Crippen molar-refractivity contribution in [3.05, 3.63) is 54.0 Å². The van der Waals surface area contributed by atoms with Crippen LogP contribution in [-0.2, 0) is 11.3 Å². The first-order chi connectivity index (χ1) is 15.8. The van der Waals surface area contributed by atoms with Crippen molar-refractivity contribution in [2.24, 2.45) is 0 Å². The van der Waals surface area contributed by atoms with Gasteiger partial charge in [0, 0.05) is 23.7 Å². The monoisotopic (exact) mass is 459 g/mol. The summed E-state index contributed by atoms with van der Waals surface area (Å²) < 4.78 is 34.8. The number of carbonyl (C=O) groups is 1. The number of fused-ring (bicyclic) bond motifs is 1. The van der Waals surface area contributed by atoms with E-state index in [0.29, 0.717) is 41.6 Å². The van der Waals surface area contributed by atoms with Gasteiger partial charge >= 0.3 is 12.0 Å². The number of nitrogens with one attached hydrogen (secondary N) is 3. The summed E-state index contributed by atoms with van der Waals surface area (Å²) >= 11 is 0. The molecule has 0 spiro atoms. The van der Waals surface area contributed by atoms with Crippen LogP contribution in [0.15, 0.2) is 52.8 Å². The van der Waals surface area contributed by atoms with Crippen molar-refractivity contribution in [2.45, 2.75) is 32.9 Å². The second-order valence-corrected chi connectivity index (χ2v) is 8.18. The summed E-state index contributed by atoms with van der Waals surface area (Å²) in [6, 6.07) is 9.25. The van der Waals surface area contributed by atoms with Gasteiger partial charge in [-0.25, -0.2) is 9.18 Å². The van der Waals surface area contributed by atoms with Crippen LogP contribution in [0, 0.1) is 0 Å². The Balaban J connectivity index is 1.53. The minimum Gasteiger partial charge on any atom is -0.489 e. The standard InChI is InChI=1S/C23H27FN4O5/c1-23(2,3)33-22(29)27-13-16(10-24)14-31-17-6-7-18-19(9-17)32-21(28-18)26-12-15-5-8-20(30-4)25-11-15/h5-11H,12-14H2,1-4H3,(H,26,28)(H,27,29)/p+1/b16-10-. The van der Waals surface area contributed by atoms with Gasteiger partial charge in [0.25, 0.3) is 6.01 Å². The summed E-state index contributed by atoms with van der Waals surface area (Å²) in [4.78, 5) is 19.1. The summed E-state index contributed by atoms with van der Waals surface area (Å²) in [7, 11) is 1.59. The van der Waals surface area contributed by atoms with E-state index in [-0.39, 0.29) is 18.7 Å². The van der Waals surface area contributed by atoms with Crippen LogP contribution < -0.4 is 25.1 Å². The molecule has 0 saturated carbocycles. The van der Waals surface area contributed by atoms with Crippen molar-refractivity contribution < 1.29 is 32.8 Å². The number of oxazole rings is 1. The fourth-order valence-corrected chi connectivity index (χ4v) is 2.72. The maximum atomic E-state index is 13.2. The SMILES string of the molecule is COc1ccc(CNc2nc3ccc(OC/C(=C\F)CNC(=O)OC(C)(C)C)cc3o2)c[nH+]1. The van der Waals surface area contributed by atoms with Crippen molar-refractivity contribution >= 4 is 23.2 Å². The zero-order valence-electron chi connectivity index (χ0n) is 19.0. The van der Waals surface area contributed by atoms with Crippen LogP contribution in [0.1, 0.15) is 26.3 Å². The number of carbonyl (C=O) groups excluding carboxylic acids is 1. The number of alkyl carbamates (subject to hydrolysis) is 1. The minimum atomic E-state index is -0.631. The number of ether oxygens (including phenoxy) is 3. The second-order valence-electron chi connectivity index (χ2n) is 8.18. The maximum Gasteiger partial charge on any atom is 0.407 e. The smallest absolute Gasteiger partial charge is 0.407 e. The molecule has 33 heavy (non-hydrogen) atoms. The molecule has 2 heterocycles. The van der Waals surface area contributed by atoms with Gasteiger partial charge in [-0.05, 0) is 39.0 Å². The number of rotatable bonds is 9. The first-order valence-corrected chi connectivity index (χ1v) is 10.3. The second kappa shape index (κ2) is 10.7. The molecular weight excluding hydrogens is 431 g/mol. The van der Waals surface area contributed by atoms with Crippen molar-refractivity contribution in [2.75, 3.05) is 25.6 Å². The number of pyridine rings is 1. The molecular formula is C23H28FN4O5+. The number of methoxy groups -OCH3 is 1. The van der Waals surface area contributed by atoms with E-state index in [4.69, 9.17) is 18.6 Å². The van der Waals surface area contributed by atoms with Crippen LogP contribution in [0.25, 0.3) is 11.1 Å². The van der Waals surface area contributed by atoms with Gasteiger partial charge in [0.2, 0.25) is 0 Å². The Kier molecular flexibility index (Phi) is 7.70. The summed E-state index contributed by atoms with van der Waals surface area (Å²) in [6.45, 7) is 5.67. The minimum absolute atomic E-state index is 0.0349. The van der Waals surface area contributed by atoms with E-state index in [1.807, 2.05) is 18.3 Å². The molecule has 3 aromatic rings. The Morgan fingerprint density at radius 2 is 2.09 bits per heavy atom. The number of hydrogen-bond acceptors (Lipinski definition) is 7. The molecule has 0 saturated heterocycles. The van der Waals surface area contributed by atoms with Gasteiger partial charge < -0.3 is 29.3 Å². The average Bonchev–Trinajstić information content (AvgIpc) is 3.19. The highest BCUT2D eigenvalue weighted by Gasteiger charge is 2.16. The van der Waals surface area contributed by atoms with Crippen molar-refractivity contribution in [1.82, 2.24) is 10.3 Å². The quantitative estimate of drug-likeness (QED) is 0.497. The van der Waals surface area contributed by atoms with E-state index >= 15 is 0 Å². The summed E-state index contributed by atoms with van der Waals surface area (Å²) in [5.41, 5.74) is 1.78. The molecule has 0 aliphatic carbocycles. The summed E-state index contributed by atoms with van der Waals surface area (Å²) in [5.74, 6) is 1.14. The molecule has 10 heteroatoms. The number of benzene rings is 1. The molecule has 1 aromatic carbocycles. The molecule has 3 N–H and O–H groups in total. The van der Waals surface area contributed by atoms with Gasteiger partial charge in [-0.1, -0.05) is 0 Å². The number of anilines is 1. The Bertz CT molecular complexity index is 1110. The molecule has 0 bridgehead atoms. The molecule has 0 atom stereocenters. The highest BCUT2D eigenvalue weighted by atomic mass is 19.1. The maximum absolute atomic E-state index is 13.2. The van der Waals surface area contributed by atoms with Crippen LogP contribution in [0.4, 0.5) is 15.2 Å². The Morgan fingerprint density at radius 1 is 1.27 bits per heavy atom. The third-order valence-electron chi connectivity index (χ3n) is 4.31. The molecule has 0 aliphatic rings. The van der Waals surface area contributed by atoms with Gasteiger partial charge in [-0.2, -0.15) is 9.97 Å². The lowest BCUT2D eigenvalue weighted by Crippen LogP contribution is -2.34. The average molecular weight is 459 g/mol. The van der Waals surface area contributed by atoms with E-state index in [2.05, 4.69) is 20.6 Å². The van der Waals surface area contributed by atoms with E-state index < -0.39 is 11.7 Å². The van der Waals surface area contributed by atoms with Gasteiger partial charge in [0.1, 0.15) is 23.5 Å². The molecule has 176 valence electrons. The lowest BCUT2D eigenvalue weighted by molar-refractivity contribution is -0.393. The van der Waals surface area contributed by atoms with Gasteiger partial charge in [0.15, 0.2) is 11.8 Å². The van der Waals surface area contributed by atoms with Crippen molar-refractivity contribution in [1.29, 1.82) is 0 Å². The predicted molar refractivity (Wildman–Crippen MR) is 120 cm³/mol. The van der Waals surface area contributed by atoms with Gasteiger partial charge in [-0.15, -0.1) is 0 Å². The topological polar surface area (TPSA) is 109 Å². The van der Waals surface area contributed by atoms with E-state index in [0.717, 1.165) is 5.56 Å². The molecule has 9 nitrogen and oxygen atoms in total. The van der Waals surface area contributed by atoms with E-state index in [1.165, 1.54) is 0 Å². The number of amides is 1. The lowest BCUT2D eigenvalue weighted by atomic mass is 10.2. The zero-order valence-corrected chi connectivity index (χ0v) is 19.0. The predicted octanol–water partition coefficient (Wildman–Crippen LogP) is 4.02. The molecule has 1 amide bonds. The third kappa shape index (κ3) is 7.37. The zero-order chi connectivity index (χ0) is 23.8. The number of hydrogen-bond donors (Lipinski definition) is 2. The molecule has 3 rings (SSSR count). The fraction of sp³-hybridized carbons (Fsp3) is 0.348. The van der Waals surface area contributed by atoms with Crippen LogP contribution in [0.5, 0.6) is 11.6 Å². The lowest BCUT2D eigenvalue weighted by Gasteiger charge is -2.20. The molecule has 2 aromatic heterocycles. The van der Waals surface area contributed by atoms with Crippen molar-refractivity contribution in [3.8, 4) is 11.6 Å². The van der Waals surface area contributed by atoms with Crippen LogP contribution in [-0.4, -0.2) is 36.9 Å². The Morgan fingerprint density at radius 3 is 2.76 bits per heavy atom. The highest BCUT2D eigenvalue weighted by molar-refractivity contribution is 5.76. The first kappa shape index (κ1) is 23.8. The first-order valence-electron chi connectivity index (χ1n) is 10.3. The molecule has 0 aliphatic heterocycles. The largest absolute Gasteiger partial charge is 0.489 e. The van der Waals surface area contributed by atoms with Gasteiger partial charge in [0.05, 0.1) is 26.1 Å². The Hall–Kier alpha value is -3.82. The third-order valence-corrected chi connectivity index (χ3v) is 4.31. The van der Waals surface area contributed by atoms with Gasteiger partial charge in [-0.3, -0.25) is 0 Å². The van der Waals surface area contributed by atoms with Crippen LogP contribution in [0.3, 0.4) is 0 Å². The summed E-state index contributed by atoms with van der Waals surface area (Å²) in [6.07, 6.45) is 1.61. The molecule has 0 unspecified atom stereocenters. The highest BCUT2D eigenvalue weighted by Crippen LogP contribution is 2.24. The molecule has 0 fully saturated rings. The van der Waals surface area contributed by atoms with E-state index in [1.54, 1.807) is 46.1 Å². The van der Waals surface area contributed by atoms with Crippen LogP contribution >= 0.6 is 0 Å². The summed E-state index contributed by atoms with van der Waals surface area (Å²) in [5, 5.41) is 5.62. The van der Waals surface area contributed by atoms with Crippen molar-refractivity contribution in [3.63, 3.8) is 0 Å². The normalized spacial score (nSPS) is 11.8. The van der Waals surface area contributed by atoms with Crippen LogP contribution in [0.2, 0.25) is 0 Å².